The van der Waals surface area contributed by atoms with Gasteiger partial charge in [0.05, 0.1) is 5.56 Å². The topological polar surface area (TPSA) is 56.3 Å². The third kappa shape index (κ3) is 3.86. The van der Waals surface area contributed by atoms with Crippen molar-refractivity contribution in [3.8, 4) is 0 Å². The van der Waals surface area contributed by atoms with E-state index >= 15 is 0 Å². The van der Waals surface area contributed by atoms with Gasteiger partial charge >= 0.3 is 5.97 Å². The lowest BCUT2D eigenvalue weighted by Crippen LogP contribution is -2.20. The van der Waals surface area contributed by atoms with Crippen molar-refractivity contribution >= 4 is 11.8 Å². The van der Waals surface area contributed by atoms with E-state index in [1.165, 1.54) is 6.20 Å². The predicted octanol–water partition coefficient (Wildman–Crippen LogP) is 4.48. The number of ether oxygens (including phenoxy) is 1. The molecule has 0 amide bonds. The minimum absolute atomic E-state index is 0.253. The number of esters is 1. The van der Waals surface area contributed by atoms with E-state index in [1.807, 2.05) is 44.2 Å². The normalized spacial score (nSPS) is 11.6. The van der Waals surface area contributed by atoms with Crippen molar-refractivity contribution in [2.24, 2.45) is 0 Å². The molecule has 4 nitrogen and oxygen atoms in total. The first-order valence-electron chi connectivity index (χ1n) is 8.33. The highest BCUT2D eigenvalue weighted by molar-refractivity contribution is 6.02. The lowest BCUT2D eigenvalue weighted by Gasteiger charge is -2.18. The summed E-state index contributed by atoms with van der Waals surface area (Å²) in [5, 5.41) is 0. The molecule has 0 saturated heterocycles. The fraction of sp³-hybridized carbons (Fsp3) is 0.136. The highest BCUT2D eigenvalue weighted by atomic mass is 16.5. The lowest BCUT2D eigenvalue weighted by molar-refractivity contribution is 0.0279. The van der Waals surface area contributed by atoms with Gasteiger partial charge in [-0.25, -0.2) is 4.79 Å². The van der Waals surface area contributed by atoms with Crippen molar-refractivity contribution in [3.63, 3.8) is 0 Å². The van der Waals surface area contributed by atoms with E-state index in [4.69, 9.17) is 4.74 Å². The number of Topliss-reactive ketones (excluding diaryl/α,β-unsaturated/α-hetero) is 1. The Balaban J connectivity index is 1.94. The highest BCUT2D eigenvalue weighted by Gasteiger charge is 2.27. The van der Waals surface area contributed by atoms with Crippen LogP contribution < -0.4 is 0 Å². The molecule has 26 heavy (non-hydrogen) atoms. The molecule has 0 aliphatic heterocycles. The Hall–Kier alpha value is -3.27. The van der Waals surface area contributed by atoms with Gasteiger partial charge in [0.1, 0.15) is 0 Å². The number of carbonyl (C=O) groups is 2. The monoisotopic (exact) mass is 345 g/mol. The lowest BCUT2D eigenvalue weighted by atomic mass is 9.97. The van der Waals surface area contributed by atoms with Crippen molar-refractivity contribution in [1.82, 2.24) is 4.98 Å². The van der Waals surface area contributed by atoms with Crippen LogP contribution in [0.25, 0.3) is 0 Å². The number of nitrogens with zero attached hydrogens (tertiary/aromatic N) is 1. The molecule has 1 heterocycles. The van der Waals surface area contributed by atoms with E-state index in [9.17, 15) is 9.59 Å². The van der Waals surface area contributed by atoms with E-state index in [1.54, 1.807) is 36.5 Å². The highest BCUT2D eigenvalue weighted by Crippen LogP contribution is 2.25. The third-order valence-corrected chi connectivity index (χ3v) is 4.25. The first-order valence-corrected chi connectivity index (χ1v) is 8.33. The molecule has 0 aliphatic rings. The summed E-state index contributed by atoms with van der Waals surface area (Å²) in [6.45, 7) is 3.94. The molecule has 3 aromatic rings. The molecule has 130 valence electrons. The molecule has 0 saturated carbocycles. The fourth-order valence-corrected chi connectivity index (χ4v) is 2.61. The molecule has 1 aromatic heterocycles. The molecule has 2 aromatic carbocycles. The summed E-state index contributed by atoms with van der Waals surface area (Å²) < 4.78 is 5.58. The number of hydrogen-bond acceptors (Lipinski definition) is 4. The van der Waals surface area contributed by atoms with Gasteiger partial charge in [0.2, 0.25) is 5.78 Å². The Labute approximate surface area is 152 Å². The Bertz CT molecular complexity index is 921. The van der Waals surface area contributed by atoms with Crippen molar-refractivity contribution in [3.05, 3.63) is 101 Å². The van der Waals surface area contributed by atoms with Crippen molar-refractivity contribution in [2.45, 2.75) is 20.0 Å². The van der Waals surface area contributed by atoms with Crippen LogP contribution in [0.1, 0.15) is 43.5 Å². The van der Waals surface area contributed by atoms with Gasteiger partial charge in [-0.15, -0.1) is 0 Å². The SMILES string of the molecule is Cc1ccc(C(=O)[C@@H](OC(=O)c2cccnc2)c2ccccc2)cc1C. The number of hydrogen-bond donors (Lipinski definition) is 0. The quantitative estimate of drug-likeness (QED) is 0.505. The summed E-state index contributed by atoms with van der Waals surface area (Å²) in [7, 11) is 0. The van der Waals surface area contributed by atoms with E-state index in [0.717, 1.165) is 11.1 Å². The van der Waals surface area contributed by atoms with Gasteiger partial charge in [-0.2, -0.15) is 0 Å². The average molecular weight is 345 g/mol. The van der Waals surface area contributed by atoms with Gasteiger partial charge in [-0.05, 0) is 43.2 Å². The van der Waals surface area contributed by atoms with Crippen LogP contribution in [0.5, 0.6) is 0 Å². The molecule has 3 rings (SSSR count). The summed E-state index contributed by atoms with van der Waals surface area (Å²) in [6, 6.07) is 17.8. The number of benzene rings is 2. The van der Waals surface area contributed by atoms with Gasteiger partial charge in [0, 0.05) is 23.5 Å². The second-order valence-electron chi connectivity index (χ2n) is 6.10. The smallest absolute Gasteiger partial charge is 0.340 e. The van der Waals surface area contributed by atoms with Crippen LogP contribution in [-0.2, 0) is 4.74 Å². The molecule has 4 heteroatoms. The van der Waals surface area contributed by atoms with Crippen LogP contribution in [0.2, 0.25) is 0 Å². The number of pyridine rings is 1. The van der Waals surface area contributed by atoms with E-state index in [-0.39, 0.29) is 5.78 Å². The summed E-state index contributed by atoms with van der Waals surface area (Å²) in [6.07, 6.45) is 1.99. The number of ketones is 1. The van der Waals surface area contributed by atoms with E-state index in [0.29, 0.717) is 16.7 Å². The number of carbonyl (C=O) groups excluding carboxylic acids is 2. The van der Waals surface area contributed by atoms with Gasteiger partial charge < -0.3 is 4.74 Å². The van der Waals surface area contributed by atoms with Crippen LogP contribution in [-0.4, -0.2) is 16.7 Å². The Morgan fingerprint density at radius 3 is 2.31 bits per heavy atom. The molecule has 0 radical (unpaired) electrons. The van der Waals surface area contributed by atoms with Crippen molar-refractivity contribution in [2.75, 3.05) is 0 Å². The summed E-state index contributed by atoms with van der Waals surface area (Å²) in [5.41, 5.74) is 3.57. The fourth-order valence-electron chi connectivity index (χ4n) is 2.61. The largest absolute Gasteiger partial charge is 0.445 e. The number of rotatable bonds is 5. The third-order valence-electron chi connectivity index (χ3n) is 4.25. The average Bonchev–Trinajstić information content (AvgIpc) is 2.69. The summed E-state index contributed by atoms with van der Waals surface area (Å²) >= 11 is 0. The molecule has 1 atom stereocenters. The Kier molecular flexibility index (Phi) is 5.23. The molecule has 0 fully saturated rings. The number of aromatic nitrogens is 1. The zero-order chi connectivity index (χ0) is 18.5. The maximum atomic E-state index is 13.1. The maximum Gasteiger partial charge on any atom is 0.340 e. The predicted molar refractivity (Wildman–Crippen MR) is 99.1 cm³/mol. The van der Waals surface area contributed by atoms with Crippen molar-refractivity contribution in [1.29, 1.82) is 0 Å². The van der Waals surface area contributed by atoms with Crippen LogP contribution in [0.15, 0.2) is 73.1 Å². The standard InChI is InChI=1S/C22H19NO3/c1-15-10-11-18(13-16(15)2)20(24)21(17-7-4-3-5-8-17)26-22(25)19-9-6-12-23-14-19/h3-14,21H,1-2H3/t21-/m0/s1. The van der Waals surface area contributed by atoms with Crippen LogP contribution >= 0.6 is 0 Å². The summed E-state index contributed by atoms with van der Waals surface area (Å²) in [4.78, 5) is 29.5. The number of aryl methyl sites for hydroxylation is 2. The van der Waals surface area contributed by atoms with Crippen LogP contribution in [0.3, 0.4) is 0 Å². The zero-order valence-electron chi connectivity index (χ0n) is 14.7. The van der Waals surface area contributed by atoms with E-state index < -0.39 is 12.1 Å². The first-order chi connectivity index (χ1) is 12.6. The van der Waals surface area contributed by atoms with Gasteiger partial charge in [0.15, 0.2) is 6.10 Å². The molecule has 0 aliphatic carbocycles. The first kappa shape index (κ1) is 17.5. The van der Waals surface area contributed by atoms with Gasteiger partial charge in [-0.3, -0.25) is 9.78 Å². The minimum Gasteiger partial charge on any atom is -0.445 e. The van der Waals surface area contributed by atoms with Crippen LogP contribution in [0.4, 0.5) is 0 Å². The van der Waals surface area contributed by atoms with E-state index in [2.05, 4.69) is 4.98 Å². The zero-order valence-corrected chi connectivity index (χ0v) is 14.7. The molecule has 0 unspecified atom stereocenters. The molecule has 0 spiro atoms. The molecular weight excluding hydrogens is 326 g/mol. The summed E-state index contributed by atoms with van der Waals surface area (Å²) in [5.74, 6) is -0.833. The van der Waals surface area contributed by atoms with Gasteiger partial charge in [-0.1, -0.05) is 42.5 Å². The Morgan fingerprint density at radius 1 is 0.885 bits per heavy atom. The molecular formula is C22H19NO3. The van der Waals surface area contributed by atoms with Gasteiger partial charge in [0.25, 0.3) is 0 Å². The molecule has 0 bridgehead atoms. The molecule has 0 N–H and O–H groups in total. The second kappa shape index (κ2) is 7.74. The maximum absolute atomic E-state index is 13.1. The second-order valence-corrected chi connectivity index (χ2v) is 6.10. The van der Waals surface area contributed by atoms with Crippen LogP contribution in [0, 0.1) is 13.8 Å². The Morgan fingerprint density at radius 2 is 1.65 bits per heavy atom. The van der Waals surface area contributed by atoms with Crippen molar-refractivity contribution < 1.29 is 14.3 Å². The minimum atomic E-state index is -1.01.